The fourth-order valence-corrected chi connectivity index (χ4v) is 1.69. The zero-order chi connectivity index (χ0) is 14.7. The predicted octanol–water partition coefficient (Wildman–Crippen LogP) is 1.59. The lowest BCUT2D eigenvalue weighted by Gasteiger charge is -2.06. The molecule has 4 nitrogen and oxygen atoms in total. The van der Waals surface area contributed by atoms with Crippen LogP contribution >= 0.6 is 0 Å². The van der Waals surface area contributed by atoms with Gasteiger partial charge in [0, 0.05) is 37.5 Å². The summed E-state index contributed by atoms with van der Waals surface area (Å²) in [6.45, 7) is -0.0251. The predicted molar refractivity (Wildman–Crippen MR) is 69.2 cm³/mol. The van der Waals surface area contributed by atoms with E-state index in [1.807, 2.05) is 0 Å². The first-order valence-electron chi connectivity index (χ1n) is 5.85. The van der Waals surface area contributed by atoms with E-state index >= 15 is 0 Å². The number of halogens is 2. The van der Waals surface area contributed by atoms with Crippen LogP contribution in [0.5, 0.6) is 0 Å². The minimum Gasteiger partial charge on any atom is -0.348 e. The molecule has 0 aliphatic rings. The second-order valence-electron chi connectivity index (χ2n) is 4.32. The van der Waals surface area contributed by atoms with Crippen LogP contribution in [0.4, 0.5) is 8.78 Å². The van der Waals surface area contributed by atoms with Gasteiger partial charge in [0.25, 0.3) is 11.5 Å². The highest BCUT2D eigenvalue weighted by Gasteiger charge is 2.07. The maximum Gasteiger partial charge on any atom is 0.251 e. The monoisotopic (exact) mass is 278 g/mol. The number of hydrogen-bond acceptors (Lipinski definition) is 2. The van der Waals surface area contributed by atoms with Crippen molar-refractivity contribution in [2.45, 2.75) is 6.54 Å². The molecule has 2 rings (SSSR count). The number of nitrogens with zero attached hydrogens (tertiary/aromatic N) is 1. The molecule has 1 aromatic carbocycles. The molecular formula is C14H12F2N2O2. The van der Waals surface area contributed by atoms with E-state index in [0.717, 1.165) is 18.2 Å². The Labute approximate surface area is 113 Å². The Bertz CT molecular complexity index is 690. The smallest absolute Gasteiger partial charge is 0.251 e. The molecule has 1 N–H and O–H groups in total. The van der Waals surface area contributed by atoms with E-state index < -0.39 is 17.5 Å². The summed E-state index contributed by atoms with van der Waals surface area (Å²) in [5.41, 5.74) is 0.194. The third-order valence-electron chi connectivity index (χ3n) is 2.74. The lowest BCUT2D eigenvalue weighted by Crippen LogP contribution is -2.25. The van der Waals surface area contributed by atoms with Gasteiger partial charge in [0.15, 0.2) is 0 Å². The lowest BCUT2D eigenvalue weighted by atomic mass is 10.2. The van der Waals surface area contributed by atoms with Gasteiger partial charge < -0.3 is 9.88 Å². The standard InChI is InChI=1S/C14H12F2N2O2/c1-18-3-2-10(6-13(18)19)14(20)17-8-9-4-11(15)7-12(16)5-9/h2-7H,8H2,1H3,(H,17,20). The first-order chi connectivity index (χ1) is 9.45. The molecule has 20 heavy (non-hydrogen) atoms. The summed E-state index contributed by atoms with van der Waals surface area (Å²) < 4.78 is 27.3. The van der Waals surface area contributed by atoms with Gasteiger partial charge in [-0.2, -0.15) is 0 Å². The number of amides is 1. The SMILES string of the molecule is Cn1ccc(C(=O)NCc2cc(F)cc(F)c2)cc1=O. The zero-order valence-electron chi connectivity index (χ0n) is 10.7. The van der Waals surface area contributed by atoms with Crippen LogP contribution in [0.3, 0.4) is 0 Å². The Morgan fingerprint density at radius 3 is 2.45 bits per heavy atom. The third kappa shape index (κ3) is 3.28. The molecule has 0 saturated heterocycles. The Hall–Kier alpha value is -2.50. The topological polar surface area (TPSA) is 51.1 Å². The number of nitrogens with one attached hydrogen (secondary N) is 1. The van der Waals surface area contributed by atoms with Crippen molar-refractivity contribution in [3.63, 3.8) is 0 Å². The van der Waals surface area contributed by atoms with Gasteiger partial charge in [-0.25, -0.2) is 8.78 Å². The van der Waals surface area contributed by atoms with E-state index in [1.165, 1.54) is 22.9 Å². The minimum absolute atomic E-state index is 0.0251. The summed E-state index contributed by atoms with van der Waals surface area (Å²) in [7, 11) is 1.57. The van der Waals surface area contributed by atoms with E-state index in [-0.39, 0.29) is 17.7 Å². The van der Waals surface area contributed by atoms with Crippen LogP contribution in [0.2, 0.25) is 0 Å². The van der Waals surface area contributed by atoms with E-state index in [1.54, 1.807) is 7.05 Å². The maximum atomic E-state index is 13.0. The van der Waals surface area contributed by atoms with Gasteiger partial charge in [0.05, 0.1) is 0 Å². The normalized spacial score (nSPS) is 10.3. The summed E-state index contributed by atoms with van der Waals surface area (Å²) in [4.78, 5) is 23.2. The molecule has 0 aliphatic carbocycles. The number of carbonyl (C=O) groups is 1. The molecule has 0 saturated carbocycles. The van der Waals surface area contributed by atoms with Gasteiger partial charge in [-0.3, -0.25) is 9.59 Å². The van der Waals surface area contributed by atoms with Crippen LogP contribution in [-0.2, 0) is 13.6 Å². The fourth-order valence-electron chi connectivity index (χ4n) is 1.69. The van der Waals surface area contributed by atoms with Crippen LogP contribution in [0.15, 0.2) is 41.3 Å². The Balaban J connectivity index is 2.08. The lowest BCUT2D eigenvalue weighted by molar-refractivity contribution is 0.0950. The Morgan fingerprint density at radius 2 is 1.85 bits per heavy atom. The van der Waals surface area contributed by atoms with E-state index in [0.29, 0.717) is 5.56 Å². The van der Waals surface area contributed by atoms with Crippen molar-refractivity contribution in [2.24, 2.45) is 7.05 Å². The van der Waals surface area contributed by atoms with Gasteiger partial charge in [-0.1, -0.05) is 0 Å². The summed E-state index contributed by atoms with van der Waals surface area (Å²) in [6.07, 6.45) is 1.47. The Kier molecular flexibility index (Phi) is 3.93. The van der Waals surface area contributed by atoms with Gasteiger partial charge in [-0.15, -0.1) is 0 Å². The third-order valence-corrected chi connectivity index (χ3v) is 2.74. The van der Waals surface area contributed by atoms with Gasteiger partial charge in [0.1, 0.15) is 11.6 Å². The number of rotatable bonds is 3. The molecule has 0 radical (unpaired) electrons. The molecule has 0 fully saturated rings. The number of aryl methyl sites for hydroxylation is 1. The van der Waals surface area contributed by atoms with Crippen LogP contribution in [0.1, 0.15) is 15.9 Å². The van der Waals surface area contributed by atoms with Crippen molar-refractivity contribution in [1.82, 2.24) is 9.88 Å². The average molecular weight is 278 g/mol. The van der Waals surface area contributed by atoms with Gasteiger partial charge in [0.2, 0.25) is 0 Å². The van der Waals surface area contributed by atoms with Crippen LogP contribution in [0.25, 0.3) is 0 Å². The summed E-state index contributed by atoms with van der Waals surface area (Å²) in [5, 5.41) is 2.50. The van der Waals surface area contributed by atoms with Crippen molar-refractivity contribution in [1.29, 1.82) is 0 Å². The first-order valence-corrected chi connectivity index (χ1v) is 5.85. The summed E-state index contributed by atoms with van der Waals surface area (Å²) in [5.74, 6) is -1.89. The molecule has 1 heterocycles. The minimum atomic E-state index is -0.706. The molecule has 0 unspecified atom stereocenters. The molecule has 0 spiro atoms. The van der Waals surface area contributed by atoms with E-state index in [9.17, 15) is 18.4 Å². The quantitative estimate of drug-likeness (QED) is 0.927. The van der Waals surface area contributed by atoms with Crippen molar-refractivity contribution in [3.05, 3.63) is 69.6 Å². The van der Waals surface area contributed by atoms with Crippen LogP contribution < -0.4 is 10.9 Å². The molecule has 0 bridgehead atoms. The first kappa shape index (κ1) is 13.9. The summed E-state index contributed by atoms with van der Waals surface area (Å²) in [6, 6.07) is 5.71. The molecule has 1 aromatic heterocycles. The number of benzene rings is 1. The van der Waals surface area contributed by atoms with E-state index in [4.69, 9.17) is 0 Å². The largest absolute Gasteiger partial charge is 0.348 e. The molecular weight excluding hydrogens is 266 g/mol. The highest BCUT2D eigenvalue weighted by molar-refractivity contribution is 5.93. The van der Waals surface area contributed by atoms with Crippen molar-refractivity contribution in [3.8, 4) is 0 Å². The Morgan fingerprint density at radius 1 is 1.20 bits per heavy atom. The van der Waals surface area contributed by atoms with Crippen molar-refractivity contribution >= 4 is 5.91 Å². The van der Waals surface area contributed by atoms with Gasteiger partial charge >= 0.3 is 0 Å². The van der Waals surface area contributed by atoms with Crippen LogP contribution in [0, 0.1) is 11.6 Å². The zero-order valence-corrected chi connectivity index (χ0v) is 10.7. The number of hydrogen-bond donors (Lipinski definition) is 1. The number of aromatic nitrogens is 1. The number of pyridine rings is 1. The number of carbonyl (C=O) groups excluding carboxylic acids is 1. The average Bonchev–Trinajstić information content (AvgIpc) is 2.38. The van der Waals surface area contributed by atoms with E-state index in [2.05, 4.69) is 5.32 Å². The van der Waals surface area contributed by atoms with Crippen molar-refractivity contribution < 1.29 is 13.6 Å². The second-order valence-corrected chi connectivity index (χ2v) is 4.32. The molecule has 2 aromatic rings. The second kappa shape index (κ2) is 5.64. The summed E-state index contributed by atoms with van der Waals surface area (Å²) >= 11 is 0. The molecule has 104 valence electrons. The highest BCUT2D eigenvalue weighted by Crippen LogP contribution is 2.07. The maximum absolute atomic E-state index is 13.0. The van der Waals surface area contributed by atoms with Crippen LogP contribution in [-0.4, -0.2) is 10.5 Å². The molecule has 6 heteroatoms. The molecule has 0 aliphatic heterocycles. The van der Waals surface area contributed by atoms with Gasteiger partial charge in [-0.05, 0) is 23.8 Å². The van der Waals surface area contributed by atoms with Crippen molar-refractivity contribution in [2.75, 3.05) is 0 Å². The fraction of sp³-hybridized carbons (Fsp3) is 0.143. The molecule has 0 atom stereocenters. The highest BCUT2D eigenvalue weighted by atomic mass is 19.1. The molecule has 1 amide bonds.